The van der Waals surface area contributed by atoms with Gasteiger partial charge >= 0.3 is 6.18 Å². The van der Waals surface area contributed by atoms with Crippen LogP contribution in [0.1, 0.15) is 28.4 Å². The number of anilines is 1. The molecule has 37 heavy (non-hydrogen) atoms. The summed E-state index contributed by atoms with van der Waals surface area (Å²) in [5.41, 5.74) is 0.616. The van der Waals surface area contributed by atoms with Gasteiger partial charge < -0.3 is 24.5 Å². The molecule has 1 amide bonds. The number of halogens is 4. The molecule has 0 aliphatic carbocycles. The predicted molar refractivity (Wildman–Crippen MR) is 127 cm³/mol. The Morgan fingerprint density at radius 1 is 1.32 bits per heavy atom. The fraction of sp³-hybridized carbons (Fsp3) is 0.391. The molecule has 3 aromatic heterocycles. The summed E-state index contributed by atoms with van der Waals surface area (Å²) in [5.74, 6) is -0.559. The second kappa shape index (κ2) is 10.1. The van der Waals surface area contributed by atoms with E-state index in [2.05, 4.69) is 25.8 Å². The van der Waals surface area contributed by atoms with Crippen LogP contribution in [0.2, 0.25) is 0 Å². The monoisotopic (exact) mass is 538 g/mol. The molecule has 9 nitrogen and oxygen atoms in total. The highest BCUT2D eigenvalue weighted by Gasteiger charge is 2.33. The average Bonchev–Trinajstić information content (AvgIpc) is 3.59. The van der Waals surface area contributed by atoms with Gasteiger partial charge in [-0.05, 0) is 30.5 Å². The molecule has 2 atom stereocenters. The molecule has 1 aliphatic rings. The lowest BCUT2D eigenvalue weighted by Crippen LogP contribution is -2.46. The van der Waals surface area contributed by atoms with E-state index in [1.165, 1.54) is 0 Å². The molecule has 1 aromatic carbocycles. The first-order valence-electron chi connectivity index (χ1n) is 11.4. The zero-order valence-electron chi connectivity index (χ0n) is 19.5. The van der Waals surface area contributed by atoms with Gasteiger partial charge in [0.15, 0.2) is 12.1 Å². The molecule has 0 radical (unpaired) electrons. The summed E-state index contributed by atoms with van der Waals surface area (Å²) in [5, 5.41) is 9.98. The van der Waals surface area contributed by atoms with Crippen LogP contribution in [0.3, 0.4) is 0 Å². The first kappa shape index (κ1) is 25.1. The summed E-state index contributed by atoms with van der Waals surface area (Å²) in [6.07, 6.45) is -3.96. The number of benzene rings is 1. The summed E-state index contributed by atoms with van der Waals surface area (Å²) < 4.78 is 65.8. The second-order valence-corrected chi connectivity index (χ2v) is 9.79. The largest absolute Gasteiger partial charge is 0.451 e. The lowest BCUT2D eigenvalue weighted by molar-refractivity contribution is -0.126. The quantitative estimate of drug-likeness (QED) is 0.333. The number of hydrogen-bond acceptors (Lipinski definition) is 9. The number of alkyl halides is 4. The van der Waals surface area contributed by atoms with Crippen molar-refractivity contribution in [2.24, 2.45) is 0 Å². The number of aromatic nitrogens is 3. The number of amides is 1. The van der Waals surface area contributed by atoms with Gasteiger partial charge in [0.05, 0.1) is 34.3 Å². The minimum absolute atomic E-state index is 0.00667. The van der Waals surface area contributed by atoms with Gasteiger partial charge in [0.25, 0.3) is 5.91 Å². The number of oxazole rings is 1. The molecule has 14 heteroatoms. The Labute approximate surface area is 211 Å². The third-order valence-electron chi connectivity index (χ3n) is 6.02. The number of hydrogen-bond donors (Lipinski definition) is 2. The van der Waals surface area contributed by atoms with Gasteiger partial charge in [-0.3, -0.25) is 4.79 Å². The highest BCUT2D eigenvalue weighted by molar-refractivity contribution is 7.23. The van der Waals surface area contributed by atoms with E-state index >= 15 is 0 Å². The number of fused-ring (bicyclic) bond motifs is 1. The molecule has 2 N–H and O–H groups in total. The molecule has 5 rings (SSSR count). The van der Waals surface area contributed by atoms with Crippen LogP contribution in [-0.4, -0.2) is 64.5 Å². The summed E-state index contributed by atoms with van der Waals surface area (Å²) >= 11 is 1.08. The molecule has 0 bridgehead atoms. The van der Waals surface area contributed by atoms with E-state index < -0.39 is 30.7 Å². The van der Waals surface area contributed by atoms with Crippen molar-refractivity contribution in [3.63, 3.8) is 0 Å². The molecule has 4 aromatic rings. The predicted octanol–water partition coefficient (Wildman–Crippen LogP) is 4.43. The maximum atomic E-state index is 14.7. The molecule has 1 aliphatic heterocycles. The minimum Gasteiger partial charge on any atom is -0.451 e. The van der Waals surface area contributed by atoms with Crippen molar-refractivity contribution < 1.29 is 31.3 Å². The van der Waals surface area contributed by atoms with Crippen LogP contribution in [0, 0.1) is 0 Å². The minimum atomic E-state index is -4.48. The first-order chi connectivity index (χ1) is 17.7. The van der Waals surface area contributed by atoms with Crippen LogP contribution < -0.4 is 10.6 Å². The van der Waals surface area contributed by atoms with Crippen LogP contribution in [0.5, 0.6) is 0 Å². The third-order valence-corrected chi connectivity index (χ3v) is 7.29. The summed E-state index contributed by atoms with van der Waals surface area (Å²) in [6.45, 7) is 0.836. The fourth-order valence-electron chi connectivity index (χ4n) is 4.25. The number of carbonyl (C=O) groups excluding carboxylic acids is 1. The molecule has 0 unspecified atom stereocenters. The highest BCUT2D eigenvalue weighted by Crippen LogP contribution is 2.43. The molecule has 0 spiro atoms. The van der Waals surface area contributed by atoms with Gasteiger partial charge in [-0.2, -0.15) is 18.2 Å². The lowest BCUT2D eigenvalue weighted by Gasteiger charge is -2.33. The van der Waals surface area contributed by atoms with E-state index in [1.807, 2.05) is 11.9 Å². The van der Waals surface area contributed by atoms with Crippen LogP contribution in [0.15, 0.2) is 39.8 Å². The van der Waals surface area contributed by atoms with E-state index in [4.69, 9.17) is 8.94 Å². The van der Waals surface area contributed by atoms with Crippen LogP contribution in [0.4, 0.5) is 23.2 Å². The Morgan fingerprint density at radius 2 is 2.16 bits per heavy atom. The Bertz CT molecular complexity index is 1390. The van der Waals surface area contributed by atoms with Crippen molar-refractivity contribution >= 4 is 33.0 Å². The number of likely N-dealkylation sites (tertiary alicyclic amines) is 1. The summed E-state index contributed by atoms with van der Waals surface area (Å²) in [4.78, 5) is 22.1. The SMILES string of the molecule is CN1CC[C@@H](Nc2cccc3c(CC(F)(F)F)c(-c4noc(CNC(=O)c5cocn5)n4)sc23)[C@@H](F)C1. The highest BCUT2D eigenvalue weighted by atomic mass is 32.1. The Kier molecular flexibility index (Phi) is 6.86. The topological polar surface area (TPSA) is 109 Å². The Hall–Kier alpha value is -3.52. The van der Waals surface area contributed by atoms with Crippen molar-refractivity contribution in [2.45, 2.75) is 37.8 Å². The van der Waals surface area contributed by atoms with Gasteiger partial charge in [-0.25, -0.2) is 9.37 Å². The zero-order chi connectivity index (χ0) is 26.2. The molecule has 0 saturated carbocycles. The smallest absolute Gasteiger partial charge is 0.393 e. The van der Waals surface area contributed by atoms with Crippen LogP contribution in [-0.2, 0) is 13.0 Å². The molecular formula is C23H22F4N6O3S. The zero-order valence-corrected chi connectivity index (χ0v) is 20.3. The van der Waals surface area contributed by atoms with Gasteiger partial charge in [-0.15, -0.1) is 11.3 Å². The number of rotatable bonds is 7. The molecule has 1 saturated heterocycles. The standard InChI is InChI=1S/C23H22F4N6O3S/c1-33-6-5-15(14(24)9-33)30-16-4-2-3-12-13(7-23(25,26)27)20(37-19(12)16)21-31-18(36-32-21)8-28-22(34)17-10-35-11-29-17/h2-4,10-11,14-15,30H,5-9H2,1H3,(H,28,34)/t14-,15+/m0/s1. The normalized spacial score (nSPS) is 18.8. The van der Waals surface area contributed by atoms with E-state index in [0.717, 1.165) is 24.0 Å². The van der Waals surface area contributed by atoms with Crippen LogP contribution in [0.25, 0.3) is 20.8 Å². The number of thiophene rings is 1. The van der Waals surface area contributed by atoms with Crippen molar-refractivity contribution in [1.82, 2.24) is 25.3 Å². The van der Waals surface area contributed by atoms with Gasteiger partial charge in [0.2, 0.25) is 11.7 Å². The van der Waals surface area contributed by atoms with E-state index in [9.17, 15) is 22.4 Å². The molecular weight excluding hydrogens is 516 g/mol. The van der Waals surface area contributed by atoms with E-state index in [1.54, 1.807) is 18.2 Å². The summed E-state index contributed by atoms with van der Waals surface area (Å²) in [6, 6.07) is 4.52. The first-order valence-corrected chi connectivity index (χ1v) is 12.2. The Balaban J connectivity index is 1.45. The van der Waals surface area contributed by atoms with Crippen LogP contribution >= 0.6 is 11.3 Å². The number of nitrogens with one attached hydrogen (secondary N) is 2. The van der Waals surface area contributed by atoms with Crippen molar-refractivity contribution in [3.05, 3.63) is 48.0 Å². The van der Waals surface area contributed by atoms with Crippen molar-refractivity contribution in [1.29, 1.82) is 0 Å². The van der Waals surface area contributed by atoms with Gasteiger partial charge in [0, 0.05) is 13.1 Å². The third kappa shape index (κ3) is 5.59. The number of piperidine rings is 1. The summed E-state index contributed by atoms with van der Waals surface area (Å²) in [7, 11) is 1.84. The number of nitrogens with zero attached hydrogens (tertiary/aromatic N) is 4. The molecule has 1 fully saturated rings. The molecule has 196 valence electrons. The molecule has 4 heterocycles. The lowest BCUT2D eigenvalue weighted by atomic mass is 10.0. The Morgan fingerprint density at radius 3 is 2.89 bits per heavy atom. The number of carbonyl (C=O) groups is 1. The van der Waals surface area contributed by atoms with E-state index in [-0.39, 0.29) is 40.9 Å². The maximum absolute atomic E-state index is 14.7. The van der Waals surface area contributed by atoms with Crippen molar-refractivity contribution in [2.75, 3.05) is 25.5 Å². The fourth-order valence-corrected chi connectivity index (χ4v) is 5.47. The van der Waals surface area contributed by atoms with Gasteiger partial charge in [0.1, 0.15) is 12.4 Å². The van der Waals surface area contributed by atoms with Crippen molar-refractivity contribution in [3.8, 4) is 10.7 Å². The van der Waals surface area contributed by atoms with E-state index in [0.29, 0.717) is 28.7 Å². The second-order valence-electron chi connectivity index (χ2n) is 8.77. The van der Waals surface area contributed by atoms with Gasteiger partial charge in [-0.1, -0.05) is 17.3 Å². The average molecular weight is 539 g/mol. The maximum Gasteiger partial charge on any atom is 0.393 e.